The summed E-state index contributed by atoms with van der Waals surface area (Å²) in [5, 5.41) is 12.3. The van der Waals surface area contributed by atoms with Gasteiger partial charge in [-0.2, -0.15) is 13.2 Å². The highest BCUT2D eigenvalue weighted by Gasteiger charge is 2.31. The fraction of sp³-hybridized carbons (Fsp3) is 0.231. The fourth-order valence-corrected chi connectivity index (χ4v) is 5.47. The van der Waals surface area contributed by atoms with Crippen molar-refractivity contribution in [1.29, 1.82) is 0 Å². The van der Waals surface area contributed by atoms with Crippen molar-refractivity contribution in [2.24, 2.45) is 0 Å². The molecular formula is C26H23ClF3N5O3S2. The number of carbonyl (C=O) groups is 1. The van der Waals surface area contributed by atoms with Crippen LogP contribution in [0.1, 0.15) is 16.0 Å². The molecule has 0 radical (unpaired) electrons. The number of thioether (sulfide) groups is 1. The summed E-state index contributed by atoms with van der Waals surface area (Å²) in [6.07, 6.45) is -1.12. The van der Waals surface area contributed by atoms with E-state index in [1.54, 1.807) is 32.4 Å². The van der Waals surface area contributed by atoms with Crippen LogP contribution >= 0.6 is 34.7 Å². The number of methoxy groups -OCH3 is 2. The molecule has 0 aliphatic carbocycles. The Hall–Kier alpha value is -3.55. The second-order valence-electron chi connectivity index (χ2n) is 8.22. The molecule has 0 saturated heterocycles. The summed E-state index contributed by atoms with van der Waals surface area (Å²) in [6.45, 7) is 4.21. The molecule has 4 rings (SSSR count). The maximum atomic E-state index is 13.1. The number of aromatic nitrogens is 4. The highest BCUT2D eigenvalue weighted by atomic mass is 35.5. The number of hydrogen-bond donors (Lipinski definition) is 1. The van der Waals surface area contributed by atoms with Gasteiger partial charge in [0.25, 0.3) is 0 Å². The lowest BCUT2D eigenvalue weighted by Crippen LogP contribution is -2.14. The smallest absolute Gasteiger partial charge is 0.416 e. The third-order valence-corrected chi connectivity index (χ3v) is 7.79. The normalized spacial score (nSPS) is 11.3. The van der Waals surface area contributed by atoms with Crippen molar-refractivity contribution >= 4 is 45.7 Å². The van der Waals surface area contributed by atoms with E-state index < -0.39 is 11.7 Å². The standard InChI is InChI=1S/C26H23ClF3N5O3S2/c1-4-9-35-23(15-5-8-20(37-2)21(12-15)38-3)33-34-25(35)39-14-22(36)32-24-31-13-18(40-24)11-16-10-17(26(28,29)30)6-7-19(16)27/h4-8,10,12-13H,1,9,11,14H2,2-3H3,(H,31,32,36). The van der Waals surface area contributed by atoms with Crippen molar-refractivity contribution in [1.82, 2.24) is 19.7 Å². The minimum atomic E-state index is -4.47. The number of nitrogens with one attached hydrogen (secondary N) is 1. The van der Waals surface area contributed by atoms with Crippen LogP contribution < -0.4 is 14.8 Å². The molecule has 0 atom stereocenters. The van der Waals surface area contributed by atoms with E-state index in [9.17, 15) is 18.0 Å². The second-order valence-corrected chi connectivity index (χ2v) is 10.7. The van der Waals surface area contributed by atoms with Crippen LogP contribution in [-0.2, 0) is 23.9 Å². The summed E-state index contributed by atoms with van der Waals surface area (Å²) in [6, 6.07) is 8.57. The molecule has 1 amide bonds. The van der Waals surface area contributed by atoms with E-state index in [4.69, 9.17) is 21.1 Å². The lowest BCUT2D eigenvalue weighted by atomic mass is 10.1. The number of ether oxygens (including phenoxy) is 2. The topological polar surface area (TPSA) is 91.2 Å². The summed E-state index contributed by atoms with van der Waals surface area (Å²) in [4.78, 5) is 17.5. The van der Waals surface area contributed by atoms with Gasteiger partial charge in [-0.3, -0.25) is 9.36 Å². The Bertz CT molecular complexity index is 1520. The maximum absolute atomic E-state index is 13.1. The van der Waals surface area contributed by atoms with Gasteiger partial charge in [-0.25, -0.2) is 4.98 Å². The second kappa shape index (κ2) is 12.7. The molecular weight excluding hydrogens is 587 g/mol. The van der Waals surface area contributed by atoms with Crippen LogP contribution in [0.4, 0.5) is 18.3 Å². The van der Waals surface area contributed by atoms with Gasteiger partial charge in [0.1, 0.15) is 0 Å². The van der Waals surface area contributed by atoms with Gasteiger partial charge < -0.3 is 14.8 Å². The van der Waals surface area contributed by atoms with Crippen LogP contribution in [0.25, 0.3) is 11.4 Å². The van der Waals surface area contributed by atoms with Gasteiger partial charge in [-0.15, -0.1) is 28.1 Å². The summed E-state index contributed by atoms with van der Waals surface area (Å²) in [5.41, 5.74) is 0.292. The van der Waals surface area contributed by atoms with E-state index in [0.29, 0.717) is 44.6 Å². The fourth-order valence-electron chi connectivity index (χ4n) is 3.68. The molecule has 0 spiro atoms. The molecule has 2 heterocycles. The summed E-state index contributed by atoms with van der Waals surface area (Å²) in [5.74, 6) is 1.39. The van der Waals surface area contributed by atoms with E-state index in [1.807, 2.05) is 10.6 Å². The average Bonchev–Trinajstić information content (AvgIpc) is 3.54. The molecule has 2 aromatic carbocycles. The Labute approximate surface area is 241 Å². The monoisotopic (exact) mass is 609 g/mol. The number of nitrogens with zero attached hydrogens (tertiary/aromatic N) is 4. The highest BCUT2D eigenvalue weighted by molar-refractivity contribution is 7.99. The average molecular weight is 610 g/mol. The van der Waals surface area contributed by atoms with E-state index in [-0.39, 0.29) is 23.1 Å². The molecule has 0 aliphatic heterocycles. The van der Waals surface area contributed by atoms with Gasteiger partial charge in [0.05, 0.1) is 25.5 Å². The maximum Gasteiger partial charge on any atom is 0.416 e. The Morgan fingerprint density at radius 2 is 1.95 bits per heavy atom. The number of rotatable bonds is 11. The van der Waals surface area contributed by atoms with E-state index >= 15 is 0 Å². The third-order valence-electron chi connectivity index (χ3n) is 5.54. The quantitative estimate of drug-likeness (QED) is 0.151. The zero-order valence-electron chi connectivity index (χ0n) is 21.3. The highest BCUT2D eigenvalue weighted by Crippen LogP contribution is 2.34. The number of alkyl halides is 3. The van der Waals surface area contributed by atoms with E-state index in [1.165, 1.54) is 24.0 Å². The zero-order valence-corrected chi connectivity index (χ0v) is 23.7. The van der Waals surface area contributed by atoms with E-state index in [2.05, 4.69) is 27.1 Å². The summed E-state index contributed by atoms with van der Waals surface area (Å²) in [7, 11) is 3.10. The van der Waals surface area contributed by atoms with Gasteiger partial charge in [0.2, 0.25) is 5.91 Å². The first kappa shape index (κ1) is 29.4. The zero-order chi connectivity index (χ0) is 28.9. The number of thiazole rings is 1. The van der Waals surface area contributed by atoms with Crippen LogP contribution in [0.15, 0.2) is 60.4 Å². The Balaban J connectivity index is 1.41. The van der Waals surface area contributed by atoms with Crippen molar-refractivity contribution in [2.45, 2.75) is 24.3 Å². The predicted octanol–water partition coefficient (Wildman–Crippen LogP) is 6.60. The van der Waals surface area contributed by atoms with E-state index in [0.717, 1.165) is 29.0 Å². The van der Waals surface area contributed by atoms with Gasteiger partial charge >= 0.3 is 6.18 Å². The molecule has 0 aliphatic rings. The molecule has 40 heavy (non-hydrogen) atoms. The molecule has 14 heteroatoms. The molecule has 1 N–H and O–H groups in total. The number of halogens is 4. The number of anilines is 1. The van der Waals surface area contributed by atoms with Crippen LogP contribution in [0, 0.1) is 0 Å². The van der Waals surface area contributed by atoms with Crippen molar-refractivity contribution < 1.29 is 27.4 Å². The summed E-state index contributed by atoms with van der Waals surface area (Å²) < 4.78 is 51.7. The number of carbonyl (C=O) groups excluding carboxylic acids is 1. The minimum absolute atomic E-state index is 0.0234. The Morgan fingerprint density at radius 3 is 2.65 bits per heavy atom. The van der Waals surface area contributed by atoms with Crippen LogP contribution in [0.2, 0.25) is 5.02 Å². The molecule has 8 nitrogen and oxygen atoms in total. The first-order valence-electron chi connectivity index (χ1n) is 11.6. The Kier molecular flexibility index (Phi) is 9.38. The molecule has 0 unspecified atom stereocenters. The molecule has 210 valence electrons. The first-order valence-corrected chi connectivity index (χ1v) is 13.8. The lowest BCUT2D eigenvalue weighted by molar-refractivity contribution is -0.137. The van der Waals surface area contributed by atoms with Crippen LogP contribution in [-0.4, -0.2) is 45.6 Å². The predicted molar refractivity (Wildman–Crippen MR) is 149 cm³/mol. The molecule has 0 saturated carbocycles. The molecule has 0 bridgehead atoms. The number of amides is 1. The van der Waals surface area contributed by atoms with Crippen molar-refractivity contribution in [3.8, 4) is 22.9 Å². The lowest BCUT2D eigenvalue weighted by Gasteiger charge is -2.11. The Morgan fingerprint density at radius 1 is 1.18 bits per heavy atom. The van der Waals surface area contributed by atoms with Crippen molar-refractivity contribution in [2.75, 3.05) is 25.3 Å². The van der Waals surface area contributed by atoms with Crippen LogP contribution in [0.5, 0.6) is 11.5 Å². The van der Waals surface area contributed by atoms with Gasteiger partial charge in [0.15, 0.2) is 27.6 Å². The number of benzene rings is 2. The SMILES string of the molecule is C=CCn1c(SCC(=O)Nc2ncc(Cc3cc(C(F)(F)F)ccc3Cl)s2)nnc1-c1ccc(OC)c(OC)c1. The van der Waals surface area contributed by atoms with Crippen LogP contribution in [0.3, 0.4) is 0 Å². The first-order chi connectivity index (χ1) is 19.1. The van der Waals surface area contributed by atoms with Gasteiger partial charge in [-0.1, -0.05) is 29.4 Å². The summed E-state index contributed by atoms with van der Waals surface area (Å²) >= 11 is 8.45. The number of hydrogen-bond acceptors (Lipinski definition) is 8. The van der Waals surface area contributed by atoms with Crippen molar-refractivity contribution in [3.05, 3.63) is 76.3 Å². The van der Waals surface area contributed by atoms with Crippen molar-refractivity contribution in [3.63, 3.8) is 0 Å². The van der Waals surface area contributed by atoms with Gasteiger partial charge in [-0.05, 0) is 42.0 Å². The van der Waals surface area contributed by atoms with Gasteiger partial charge in [0, 0.05) is 34.6 Å². The third kappa shape index (κ3) is 6.95. The number of allylic oxidation sites excluding steroid dienone is 1. The molecule has 2 aromatic heterocycles. The molecule has 4 aromatic rings. The minimum Gasteiger partial charge on any atom is -0.493 e. The largest absolute Gasteiger partial charge is 0.493 e. The molecule has 0 fully saturated rings.